The summed E-state index contributed by atoms with van der Waals surface area (Å²) in [6.07, 6.45) is -0.367. The number of rotatable bonds is 4. The van der Waals surface area contributed by atoms with Gasteiger partial charge in [0.1, 0.15) is 23.2 Å². The average molecular weight is 252 g/mol. The fraction of sp³-hybridized carbons (Fsp3) is 0.333. The summed E-state index contributed by atoms with van der Waals surface area (Å²) in [7, 11) is 1.43. The van der Waals surface area contributed by atoms with Crippen LogP contribution in [0.3, 0.4) is 0 Å². The van der Waals surface area contributed by atoms with Gasteiger partial charge in [0, 0.05) is 0 Å². The van der Waals surface area contributed by atoms with Gasteiger partial charge in [-0.25, -0.2) is 4.39 Å². The Morgan fingerprint density at radius 1 is 1.50 bits per heavy atom. The first kappa shape index (κ1) is 12.5. The molecule has 6 heteroatoms. The van der Waals surface area contributed by atoms with Crippen LogP contribution in [0.4, 0.5) is 4.39 Å². The van der Waals surface area contributed by atoms with Gasteiger partial charge < -0.3 is 14.4 Å². The highest BCUT2D eigenvalue weighted by Crippen LogP contribution is 2.31. The Morgan fingerprint density at radius 3 is 2.94 bits per heavy atom. The van der Waals surface area contributed by atoms with Crippen molar-refractivity contribution in [3.8, 4) is 17.2 Å². The molecule has 0 saturated heterocycles. The predicted octanol–water partition coefficient (Wildman–Crippen LogP) is 2.33. The molecule has 1 aromatic heterocycles. The fourth-order valence-electron chi connectivity index (χ4n) is 1.54. The van der Waals surface area contributed by atoms with Gasteiger partial charge >= 0.3 is 0 Å². The predicted molar refractivity (Wildman–Crippen MR) is 61.5 cm³/mol. The Labute approximate surface area is 103 Å². The third-order valence-electron chi connectivity index (χ3n) is 2.54. The van der Waals surface area contributed by atoms with Gasteiger partial charge in [0.05, 0.1) is 7.11 Å². The topological polar surface area (TPSA) is 68.4 Å². The largest absolute Gasteiger partial charge is 0.496 e. The molecule has 0 aliphatic rings. The van der Waals surface area contributed by atoms with E-state index in [0.29, 0.717) is 12.2 Å². The summed E-state index contributed by atoms with van der Waals surface area (Å²) in [5.41, 5.74) is 0.0991. The van der Waals surface area contributed by atoms with E-state index in [9.17, 15) is 9.50 Å². The van der Waals surface area contributed by atoms with E-state index in [1.807, 2.05) is 0 Å². The molecule has 0 saturated carbocycles. The van der Waals surface area contributed by atoms with Gasteiger partial charge in [0.15, 0.2) is 0 Å². The fourth-order valence-corrected chi connectivity index (χ4v) is 1.54. The smallest absolute Gasteiger partial charge is 0.264 e. The van der Waals surface area contributed by atoms with Crippen LogP contribution >= 0.6 is 0 Å². The minimum absolute atomic E-state index is 0.00699. The molecule has 1 atom stereocenters. The summed E-state index contributed by atoms with van der Waals surface area (Å²) in [6.45, 7) is 1.78. The molecule has 1 N–H and O–H groups in total. The van der Waals surface area contributed by atoms with Crippen molar-refractivity contribution < 1.29 is 18.8 Å². The normalized spacial score (nSPS) is 12.4. The number of aromatic nitrogens is 2. The monoisotopic (exact) mass is 252 g/mol. The van der Waals surface area contributed by atoms with Crippen LogP contribution in [0.15, 0.2) is 22.7 Å². The minimum Gasteiger partial charge on any atom is -0.496 e. The number of ether oxygens (including phenoxy) is 1. The Balaban J connectivity index is 2.46. The third-order valence-corrected chi connectivity index (χ3v) is 2.54. The Kier molecular flexibility index (Phi) is 3.57. The standard InChI is InChI=1S/C12H13FN2O3/c1-3-8(16)11-14-12(18-15-11)10-7(13)5-4-6-9(10)17-2/h4-6,8,16H,3H2,1-2H3. The van der Waals surface area contributed by atoms with E-state index in [4.69, 9.17) is 9.26 Å². The number of nitrogens with zero attached hydrogens (tertiary/aromatic N) is 2. The lowest BCUT2D eigenvalue weighted by molar-refractivity contribution is 0.159. The van der Waals surface area contributed by atoms with Crippen molar-refractivity contribution in [1.29, 1.82) is 0 Å². The first-order valence-corrected chi connectivity index (χ1v) is 5.52. The molecule has 0 amide bonds. The van der Waals surface area contributed by atoms with Crippen LogP contribution < -0.4 is 4.74 Å². The molecule has 2 aromatic rings. The molecule has 5 nitrogen and oxygen atoms in total. The van der Waals surface area contributed by atoms with Gasteiger partial charge in [-0.15, -0.1) is 0 Å². The van der Waals surface area contributed by atoms with Crippen LogP contribution in [0, 0.1) is 5.82 Å². The zero-order valence-electron chi connectivity index (χ0n) is 10.1. The van der Waals surface area contributed by atoms with Crippen LogP contribution in [0.2, 0.25) is 0 Å². The molecule has 0 radical (unpaired) electrons. The molecule has 96 valence electrons. The molecule has 1 aromatic carbocycles. The van der Waals surface area contributed by atoms with E-state index in [0.717, 1.165) is 0 Å². The third kappa shape index (κ3) is 2.19. The second kappa shape index (κ2) is 5.14. The van der Waals surface area contributed by atoms with Gasteiger partial charge in [-0.3, -0.25) is 0 Å². The molecule has 0 spiro atoms. The molecular formula is C12H13FN2O3. The molecule has 0 aliphatic heterocycles. The molecule has 1 heterocycles. The molecule has 0 fully saturated rings. The van der Waals surface area contributed by atoms with Crippen LogP contribution in [-0.2, 0) is 0 Å². The van der Waals surface area contributed by atoms with Gasteiger partial charge in [0.25, 0.3) is 5.89 Å². The number of aliphatic hydroxyl groups excluding tert-OH is 1. The van der Waals surface area contributed by atoms with Crippen molar-refractivity contribution in [2.24, 2.45) is 0 Å². The van der Waals surface area contributed by atoms with Crippen molar-refractivity contribution in [3.63, 3.8) is 0 Å². The second-order valence-corrected chi connectivity index (χ2v) is 3.70. The number of methoxy groups -OCH3 is 1. The zero-order chi connectivity index (χ0) is 13.1. The van der Waals surface area contributed by atoms with E-state index in [1.165, 1.54) is 19.2 Å². The number of aliphatic hydroxyl groups is 1. The number of halogens is 1. The maximum atomic E-state index is 13.7. The maximum Gasteiger partial charge on any atom is 0.264 e. The second-order valence-electron chi connectivity index (χ2n) is 3.70. The summed E-state index contributed by atoms with van der Waals surface area (Å²) in [5, 5.41) is 13.2. The van der Waals surface area contributed by atoms with Crippen molar-refractivity contribution in [2.45, 2.75) is 19.4 Å². The lowest BCUT2D eigenvalue weighted by Gasteiger charge is -2.04. The molecule has 0 bridgehead atoms. The molecule has 1 unspecified atom stereocenters. The van der Waals surface area contributed by atoms with Crippen molar-refractivity contribution in [1.82, 2.24) is 10.1 Å². The average Bonchev–Trinajstić information content (AvgIpc) is 2.86. The Hall–Kier alpha value is -1.95. The van der Waals surface area contributed by atoms with E-state index >= 15 is 0 Å². The van der Waals surface area contributed by atoms with Gasteiger partial charge in [0.2, 0.25) is 5.82 Å². The van der Waals surface area contributed by atoms with Crippen molar-refractivity contribution >= 4 is 0 Å². The van der Waals surface area contributed by atoms with Gasteiger partial charge in [-0.2, -0.15) is 4.98 Å². The number of benzene rings is 1. The molecule has 18 heavy (non-hydrogen) atoms. The Morgan fingerprint density at radius 2 is 2.28 bits per heavy atom. The van der Waals surface area contributed by atoms with Gasteiger partial charge in [-0.05, 0) is 18.6 Å². The summed E-state index contributed by atoms with van der Waals surface area (Å²) >= 11 is 0. The van der Waals surface area contributed by atoms with Crippen LogP contribution in [0.25, 0.3) is 11.5 Å². The number of hydrogen-bond acceptors (Lipinski definition) is 5. The van der Waals surface area contributed by atoms with Crippen LogP contribution in [0.1, 0.15) is 25.3 Å². The van der Waals surface area contributed by atoms with E-state index in [-0.39, 0.29) is 17.3 Å². The highest BCUT2D eigenvalue weighted by Gasteiger charge is 2.20. The van der Waals surface area contributed by atoms with Crippen molar-refractivity contribution in [2.75, 3.05) is 7.11 Å². The lowest BCUT2D eigenvalue weighted by atomic mass is 10.2. The highest BCUT2D eigenvalue weighted by molar-refractivity contribution is 5.63. The van der Waals surface area contributed by atoms with E-state index < -0.39 is 11.9 Å². The Bertz CT molecular complexity index is 542. The minimum atomic E-state index is -0.819. The lowest BCUT2D eigenvalue weighted by Crippen LogP contribution is -1.97. The first-order valence-electron chi connectivity index (χ1n) is 5.52. The van der Waals surface area contributed by atoms with Gasteiger partial charge in [-0.1, -0.05) is 18.1 Å². The van der Waals surface area contributed by atoms with Crippen LogP contribution in [-0.4, -0.2) is 22.4 Å². The quantitative estimate of drug-likeness (QED) is 0.904. The highest BCUT2D eigenvalue weighted by atomic mass is 19.1. The molecule has 2 rings (SSSR count). The van der Waals surface area contributed by atoms with Crippen LogP contribution in [0.5, 0.6) is 5.75 Å². The SMILES string of the molecule is CCC(O)c1noc(-c2c(F)cccc2OC)n1. The van der Waals surface area contributed by atoms with E-state index in [1.54, 1.807) is 13.0 Å². The summed E-state index contributed by atoms with van der Waals surface area (Å²) in [5.74, 6) is -0.0861. The maximum absolute atomic E-state index is 13.7. The molecular weight excluding hydrogens is 239 g/mol. The summed E-state index contributed by atoms with van der Waals surface area (Å²) in [4.78, 5) is 3.97. The summed E-state index contributed by atoms with van der Waals surface area (Å²) in [6, 6.07) is 4.40. The van der Waals surface area contributed by atoms with E-state index in [2.05, 4.69) is 10.1 Å². The number of hydrogen-bond donors (Lipinski definition) is 1. The molecule has 0 aliphatic carbocycles. The first-order chi connectivity index (χ1) is 8.67. The zero-order valence-corrected chi connectivity index (χ0v) is 10.1. The van der Waals surface area contributed by atoms with Crippen molar-refractivity contribution in [3.05, 3.63) is 29.8 Å². The summed E-state index contributed by atoms with van der Waals surface area (Å²) < 4.78 is 23.7.